The summed E-state index contributed by atoms with van der Waals surface area (Å²) in [7, 11) is 0. The van der Waals surface area contributed by atoms with Crippen molar-refractivity contribution in [2.45, 2.75) is 19.9 Å². The Labute approximate surface area is 180 Å². The molecule has 0 aliphatic carbocycles. The fourth-order valence-corrected chi connectivity index (χ4v) is 3.86. The summed E-state index contributed by atoms with van der Waals surface area (Å²) in [5.41, 5.74) is 0.225. The fourth-order valence-electron chi connectivity index (χ4n) is 3.86. The van der Waals surface area contributed by atoms with Crippen LogP contribution in [-0.2, 0) is 9.59 Å². The first-order valence-corrected chi connectivity index (χ1v) is 10.2. The minimum atomic E-state index is -1.04. The number of carbonyl (C=O) groups is 2. The van der Waals surface area contributed by atoms with E-state index in [-0.39, 0.29) is 29.1 Å². The van der Waals surface area contributed by atoms with Gasteiger partial charge in [0.2, 0.25) is 0 Å². The summed E-state index contributed by atoms with van der Waals surface area (Å²) in [5.74, 6) is -1.95. The number of nitro groups is 1. The smallest absolute Gasteiger partial charge is 0.295 e. The monoisotopic (exact) mass is 423 g/mol. The highest BCUT2D eigenvalue weighted by Crippen LogP contribution is 2.42. The van der Waals surface area contributed by atoms with Gasteiger partial charge in [-0.1, -0.05) is 56.3 Å². The zero-order valence-corrected chi connectivity index (χ0v) is 17.5. The number of aliphatic hydroxyl groups is 1. The Morgan fingerprint density at radius 2 is 1.68 bits per heavy atom. The van der Waals surface area contributed by atoms with Crippen LogP contribution in [0.1, 0.15) is 31.0 Å². The van der Waals surface area contributed by atoms with Crippen LogP contribution in [0, 0.1) is 10.1 Å². The van der Waals surface area contributed by atoms with Gasteiger partial charge in [0.25, 0.3) is 17.4 Å². The first kappa shape index (κ1) is 22.2. The summed E-state index contributed by atoms with van der Waals surface area (Å²) < 4.78 is 0. The van der Waals surface area contributed by atoms with Gasteiger partial charge in [-0.05, 0) is 19.2 Å². The van der Waals surface area contributed by atoms with Crippen molar-refractivity contribution in [3.8, 4) is 0 Å². The van der Waals surface area contributed by atoms with E-state index in [1.54, 1.807) is 36.4 Å². The Morgan fingerprint density at radius 3 is 2.29 bits per heavy atom. The van der Waals surface area contributed by atoms with E-state index in [9.17, 15) is 24.8 Å². The lowest BCUT2D eigenvalue weighted by molar-refractivity contribution is -0.385. The Bertz CT molecular complexity index is 1010. The number of aliphatic hydroxyl groups excluding tert-OH is 1. The number of benzene rings is 2. The van der Waals surface area contributed by atoms with Crippen LogP contribution in [-0.4, -0.2) is 57.7 Å². The topological polar surface area (TPSA) is 104 Å². The van der Waals surface area contributed by atoms with Crippen LogP contribution in [0.25, 0.3) is 5.76 Å². The van der Waals surface area contributed by atoms with E-state index in [1.165, 1.54) is 23.1 Å². The molecule has 2 aromatic rings. The number of hydrogen-bond acceptors (Lipinski definition) is 6. The van der Waals surface area contributed by atoms with E-state index in [1.807, 2.05) is 13.8 Å². The maximum atomic E-state index is 13.0. The number of likely N-dealkylation sites (N-methyl/N-ethyl adjacent to an activating group) is 1. The van der Waals surface area contributed by atoms with Gasteiger partial charge < -0.3 is 14.9 Å². The lowest BCUT2D eigenvalue weighted by Gasteiger charge is -2.28. The van der Waals surface area contributed by atoms with E-state index < -0.39 is 22.7 Å². The third-order valence-electron chi connectivity index (χ3n) is 5.57. The van der Waals surface area contributed by atoms with Crippen molar-refractivity contribution in [2.24, 2.45) is 0 Å². The van der Waals surface area contributed by atoms with Crippen molar-refractivity contribution < 1.29 is 19.6 Å². The normalized spacial score (nSPS) is 18.0. The van der Waals surface area contributed by atoms with E-state index in [4.69, 9.17) is 0 Å². The van der Waals surface area contributed by atoms with E-state index in [0.29, 0.717) is 12.1 Å². The summed E-state index contributed by atoms with van der Waals surface area (Å²) in [6, 6.07) is 13.4. The summed E-state index contributed by atoms with van der Waals surface area (Å²) in [6.45, 7) is 6.22. The van der Waals surface area contributed by atoms with Gasteiger partial charge in [-0.25, -0.2) is 0 Å². The van der Waals surface area contributed by atoms with Crippen LogP contribution in [0.2, 0.25) is 0 Å². The van der Waals surface area contributed by atoms with Gasteiger partial charge in [0.1, 0.15) is 5.76 Å². The highest BCUT2D eigenvalue weighted by molar-refractivity contribution is 6.46. The average molecular weight is 423 g/mol. The molecule has 1 aliphatic heterocycles. The molecule has 1 aliphatic rings. The predicted octanol–water partition coefficient (Wildman–Crippen LogP) is 3.36. The second-order valence-electron chi connectivity index (χ2n) is 7.20. The molecule has 8 nitrogen and oxygen atoms in total. The quantitative estimate of drug-likeness (QED) is 0.230. The lowest BCUT2D eigenvalue weighted by Crippen LogP contribution is -2.38. The van der Waals surface area contributed by atoms with Crippen LogP contribution in [0.4, 0.5) is 5.69 Å². The molecular weight excluding hydrogens is 398 g/mol. The largest absolute Gasteiger partial charge is 0.507 e. The number of carbonyl (C=O) groups excluding carboxylic acids is 2. The molecule has 8 heteroatoms. The molecule has 1 heterocycles. The minimum Gasteiger partial charge on any atom is -0.507 e. The number of nitro benzene ring substituents is 1. The molecule has 1 atom stereocenters. The first-order valence-electron chi connectivity index (χ1n) is 10.2. The van der Waals surface area contributed by atoms with Gasteiger partial charge in [0.05, 0.1) is 22.1 Å². The van der Waals surface area contributed by atoms with E-state index in [2.05, 4.69) is 4.90 Å². The zero-order chi connectivity index (χ0) is 22.5. The molecule has 0 saturated carbocycles. The maximum absolute atomic E-state index is 13.0. The first-order chi connectivity index (χ1) is 14.9. The van der Waals surface area contributed by atoms with Gasteiger partial charge in [0, 0.05) is 24.7 Å². The molecule has 0 unspecified atom stereocenters. The predicted molar refractivity (Wildman–Crippen MR) is 116 cm³/mol. The van der Waals surface area contributed by atoms with E-state index in [0.717, 1.165) is 13.1 Å². The standard InChI is InChI=1S/C23H25N3O5/c1-3-24(4-2)14-15-25-20(17-12-8-9-13-18(17)26(30)31)19(22(28)23(25)29)21(27)16-10-6-5-7-11-16/h5-13,20,27H,3-4,14-15H2,1-2H3/b21-19-/t20-/m0/s1. The average Bonchev–Trinajstić information content (AvgIpc) is 3.04. The number of para-hydroxylation sites is 1. The number of likely N-dealkylation sites (tertiary alicyclic amines) is 1. The molecule has 1 fully saturated rings. The summed E-state index contributed by atoms with van der Waals surface area (Å²) in [5, 5.41) is 22.6. The molecule has 0 spiro atoms. The van der Waals surface area contributed by atoms with Gasteiger partial charge in [0.15, 0.2) is 0 Å². The van der Waals surface area contributed by atoms with Crippen LogP contribution in [0.15, 0.2) is 60.2 Å². The van der Waals surface area contributed by atoms with Gasteiger partial charge in [-0.3, -0.25) is 19.7 Å². The highest BCUT2D eigenvalue weighted by atomic mass is 16.6. The molecule has 0 bridgehead atoms. The maximum Gasteiger partial charge on any atom is 0.295 e. The Balaban J connectivity index is 2.17. The number of amides is 1. The molecule has 1 saturated heterocycles. The summed E-state index contributed by atoms with van der Waals surface area (Å²) >= 11 is 0. The lowest BCUT2D eigenvalue weighted by atomic mass is 9.94. The van der Waals surface area contributed by atoms with Crippen LogP contribution in [0.5, 0.6) is 0 Å². The molecular formula is C23H25N3O5. The van der Waals surface area contributed by atoms with Gasteiger partial charge >= 0.3 is 0 Å². The van der Waals surface area contributed by atoms with Crippen LogP contribution < -0.4 is 0 Å². The molecule has 0 aromatic heterocycles. The van der Waals surface area contributed by atoms with Crippen molar-refractivity contribution in [1.29, 1.82) is 0 Å². The second kappa shape index (κ2) is 9.53. The van der Waals surface area contributed by atoms with E-state index >= 15 is 0 Å². The van der Waals surface area contributed by atoms with Gasteiger partial charge in [-0.2, -0.15) is 0 Å². The number of ketones is 1. The van der Waals surface area contributed by atoms with Crippen molar-refractivity contribution in [1.82, 2.24) is 9.80 Å². The SMILES string of the molecule is CCN(CC)CCN1C(=O)C(=O)/C(=C(\O)c2ccccc2)[C@@H]1c1ccccc1[N+](=O)[O-]. The minimum absolute atomic E-state index is 0.134. The van der Waals surface area contributed by atoms with Crippen molar-refractivity contribution >= 4 is 23.1 Å². The number of hydrogen-bond donors (Lipinski definition) is 1. The fraction of sp³-hybridized carbons (Fsp3) is 0.304. The molecule has 31 heavy (non-hydrogen) atoms. The zero-order valence-electron chi connectivity index (χ0n) is 17.5. The summed E-state index contributed by atoms with van der Waals surface area (Å²) in [4.78, 5) is 40.5. The highest BCUT2D eigenvalue weighted by Gasteiger charge is 2.47. The van der Waals surface area contributed by atoms with Gasteiger partial charge in [-0.15, -0.1) is 0 Å². The van der Waals surface area contributed by atoms with Crippen molar-refractivity contribution in [2.75, 3.05) is 26.2 Å². The molecule has 1 amide bonds. The summed E-state index contributed by atoms with van der Waals surface area (Å²) in [6.07, 6.45) is 0. The van der Waals surface area contributed by atoms with Crippen molar-refractivity contribution in [3.05, 3.63) is 81.4 Å². The van der Waals surface area contributed by atoms with Crippen molar-refractivity contribution in [3.63, 3.8) is 0 Å². The Kier molecular flexibility index (Phi) is 6.81. The molecule has 3 rings (SSSR count). The Morgan fingerprint density at radius 1 is 1.06 bits per heavy atom. The molecule has 162 valence electrons. The molecule has 0 radical (unpaired) electrons. The number of Topliss-reactive ketones (excluding diaryl/α,β-unsaturated/α-hetero) is 1. The third kappa shape index (κ3) is 4.34. The van der Waals surface area contributed by atoms with Crippen LogP contribution >= 0.6 is 0 Å². The van der Waals surface area contributed by atoms with Crippen LogP contribution in [0.3, 0.4) is 0 Å². The Hall–Kier alpha value is -3.52. The molecule has 1 N–H and O–H groups in total. The number of rotatable bonds is 8. The second-order valence-corrected chi connectivity index (χ2v) is 7.20. The third-order valence-corrected chi connectivity index (χ3v) is 5.57. The molecule has 2 aromatic carbocycles. The number of nitrogens with zero attached hydrogens (tertiary/aromatic N) is 3.